The van der Waals surface area contributed by atoms with Gasteiger partial charge in [0.25, 0.3) is 0 Å². The van der Waals surface area contributed by atoms with Crippen LogP contribution in [0, 0.1) is 13.8 Å². The van der Waals surface area contributed by atoms with Crippen LogP contribution in [0.25, 0.3) is 0 Å². The second-order valence-corrected chi connectivity index (χ2v) is 4.16. The van der Waals surface area contributed by atoms with Gasteiger partial charge in [0.1, 0.15) is 6.04 Å². The van der Waals surface area contributed by atoms with Gasteiger partial charge < -0.3 is 15.7 Å². The second kappa shape index (κ2) is 5.52. The molecular formula is C11H18N4O3. The normalized spacial score (nSPS) is 12.0. The number of carboxylic acids is 1. The Kier molecular flexibility index (Phi) is 4.30. The lowest BCUT2D eigenvalue weighted by Crippen LogP contribution is -2.44. The molecule has 2 amide bonds. The molecule has 0 radical (unpaired) electrons. The topological polar surface area (TPSA) is 96.3 Å². The lowest BCUT2D eigenvalue weighted by atomic mass is 10.2. The molecule has 1 aromatic heterocycles. The second-order valence-electron chi connectivity index (χ2n) is 4.16. The molecule has 0 saturated heterocycles. The van der Waals surface area contributed by atoms with Gasteiger partial charge in [-0.25, -0.2) is 4.79 Å². The smallest absolute Gasteiger partial charge is 0.325 e. The molecule has 1 unspecified atom stereocenters. The van der Waals surface area contributed by atoms with Crippen LogP contribution in [0.5, 0.6) is 0 Å². The van der Waals surface area contributed by atoms with Crippen LogP contribution in [0.3, 0.4) is 0 Å². The van der Waals surface area contributed by atoms with Crippen molar-refractivity contribution < 1.29 is 14.7 Å². The number of nitrogens with zero attached hydrogens (tertiary/aromatic N) is 2. The van der Waals surface area contributed by atoms with Gasteiger partial charge in [0.2, 0.25) is 0 Å². The van der Waals surface area contributed by atoms with Gasteiger partial charge in [-0.1, -0.05) is 0 Å². The standard InChI is InChI=1S/C11H18N4O3/c1-6-9(8(3)15(4)14-6)5-12-11(18)13-7(2)10(16)17/h7H,5H2,1-4H3,(H,16,17)(H2,12,13,18). The molecule has 0 aliphatic carbocycles. The molecule has 0 aliphatic rings. The first kappa shape index (κ1) is 14.0. The highest BCUT2D eigenvalue weighted by Gasteiger charge is 2.15. The minimum absolute atomic E-state index is 0.323. The Labute approximate surface area is 105 Å². The summed E-state index contributed by atoms with van der Waals surface area (Å²) in [4.78, 5) is 22.0. The first-order valence-corrected chi connectivity index (χ1v) is 5.59. The van der Waals surface area contributed by atoms with Crippen molar-refractivity contribution in [1.82, 2.24) is 20.4 Å². The molecule has 18 heavy (non-hydrogen) atoms. The summed E-state index contributed by atoms with van der Waals surface area (Å²) < 4.78 is 1.74. The first-order chi connectivity index (χ1) is 8.32. The molecule has 1 heterocycles. The van der Waals surface area contributed by atoms with Gasteiger partial charge in [-0.05, 0) is 20.8 Å². The highest BCUT2D eigenvalue weighted by molar-refractivity contribution is 5.82. The maximum absolute atomic E-state index is 11.4. The molecule has 0 aromatic carbocycles. The van der Waals surface area contributed by atoms with Crippen LogP contribution >= 0.6 is 0 Å². The van der Waals surface area contributed by atoms with Gasteiger partial charge in [0.15, 0.2) is 0 Å². The number of amides is 2. The molecule has 7 nitrogen and oxygen atoms in total. The van der Waals surface area contributed by atoms with Crippen molar-refractivity contribution in [3.8, 4) is 0 Å². The van der Waals surface area contributed by atoms with Crippen molar-refractivity contribution >= 4 is 12.0 Å². The fourth-order valence-electron chi connectivity index (χ4n) is 1.55. The van der Waals surface area contributed by atoms with E-state index in [9.17, 15) is 9.59 Å². The first-order valence-electron chi connectivity index (χ1n) is 5.59. The maximum atomic E-state index is 11.4. The average Bonchev–Trinajstić information content (AvgIpc) is 2.51. The molecule has 7 heteroatoms. The summed E-state index contributed by atoms with van der Waals surface area (Å²) in [5, 5.41) is 17.8. The minimum atomic E-state index is -1.07. The fourth-order valence-corrected chi connectivity index (χ4v) is 1.55. The van der Waals surface area contributed by atoms with Crippen LogP contribution < -0.4 is 10.6 Å². The lowest BCUT2D eigenvalue weighted by Gasteiger charge is -2.10. The molecule has 1 atom stereocenters. The van der Waals surface area contributed by atoms with Crippen LogP contribution in [0.1, 0.15) is 23.9 Å². The number of rotatable bonds is 4. The summed E-state index contributed by atoms with van der Waals surface area (Å²) in [6.45, 7) is 5.50. The largest absolute Gasteiger partial charge is 0.480 e. The molecule has 0 saturated carbocycles. The Bertz CT molecular complexity index is 467. The fraction of sp³-hybridized carbons (Fsp3) is 0.545. The van der Waals surface area contributed by atoms with Crippen molar-refractivity contribution in [3.05, 3.63) is 17.0 Å². The van der Waals surface area contributed by atoms with E-state index in [1.54, 1.807) is 4.68 Å². The zero-order valence-corrected chi connectivity index (χ0v) is 10.9. The van der Waals surface area contributed by atoms with E-state index in [-0.39, 0.29) is 0 Å². The van der Waals surface area contributed by atoms with Crippen molar-refractivity contribution in [2.45, 2.75) is 33.4 Å². The predicted molar refractivity (Wildman–Crippen MR) is 65.2 cm³/mol. The summed E-state index contributed by atoms with van der Waals surface area (Å²) in [6, 6.07) is -1.42. The van der Waals surface area contributed by atoms with Crippen molar-refractivity contribution in [1.29, 1.82) is 0 Å². The third-order valence-electron chi connectivity index (χ3n) is 2.80. The molecule has 0 aliphatic heterocycles. The number of hydrogen-bond acceptors (Lipinski definition) is 3. The highest BCUT2D eigenvalue weighted by Crippen LogP contribution is 2.10. The summed E-state index contributed by atoms with van der Waals surface area (Å²) in [5.74, 6) is -1.07. The molecule has 1 aromatic rings. The van der Waals surface area contributed by atoms with E-state index < -0.39 is 18.0 Å². The van der Waals surface area contributed by atoms with E-state index in [4.69, 9.17) is 5.11 Å². The highest BCUT2D eigenvalue weighted by atomic mass is 16.4. The van der Waals surface area contributed by atoms with Crippen LogP contribution in [0.4, 0.5) is 4.79 Å². The van der Waals surface area contributed by atoms with Crippen molar-refractivity contribution in [2.24, 2.45) is 7.05 Å². The van der Waals surface area contributed by atoms with Crippen LogP contribution in [-0.4, -0.2) is 32.9 Å². The molecule has 0 fully saturated rings. The summed E-state index contributed by atoms with van der Waals surface area (Å²) in [6.07, 6.45) is 0. The van der Waals surface area contributed by atoms with E-state index in [2.05, 4.69) is 15.7 Å². The monoisotopic (exact) mass is 254 g/mol. The summed E-state index contributed by atoms with van der Waals surface area (Å²) in [7, 11) is 1.83. The number of nitrogens with one attached hydrogen (secondary N) is 2. The van der Waals surface area contributed by atoms with Gasteiger partial charge in [0, 0.05) is 24.8 Å². The van der Waals surface area contributed by atoms with Crippen molar-refractivity contribution in [2.75, 3.05) is 0 Å². The number of carbonyl (C=O) groups is 2. The average molecular weight is 254 g/mol. The number of aliphatic carboxylic acids is 1. The van der Waals surface area contributed by atoms with Crippen LogP contribution in [0.2, 0.25) is 0 Å². The number of urea groups is 1. The molecule has 100 valence electrons. The van der Waals surface area contributed by atoms with Gasteiger partial charge in [-0.2, -0.15) is 5.10 Å². The maximum Gasteiger partial charge on any atom is 0.325 e. The van der Waals surface area contributed by atoms with Crippen molar-refractivity contribution in [3.63, 3.8) is 0 Å². The molecular weight excluding hydrogens is 236 g/mol. The molecule has 1 rings (SSSR count). The van der Waals surface area contributed by atoms with E-state index in [1.807, 2.05) is 20.9 Å². The minimum Gasteiger partial charge on any atom is -0.480 e. The van der Waals surface area contributed by atoms with Gasteiger partial charge in [0.05, 0.1) is 5.69 Å². The van der Waals surface area contributed by atoms with Crippen LogP contribution in [-0.2, 0) is 18.4 Å². The lowest BCUT2D eigenvalue weighted by molar-refractivity contribution is -0.138. The van der Waals surface area contributed by atoms with E-state index in [1.165, 1.54) is 6.92 Å². The molecule has 3 N–H and O–H groups in total. The van der Waals surface area contributed by atoms with E-state index in [0.717, 1.165) is 17.0 Å². The molecule has 0 spiro atoms. The number of aromatic nitrogens is 2. The Morgan fingerprint density at radius 1 is 1.44 bits per heavy atom. The van der Waals surface area contributed by atoms with E-state index >= 15 is 0 Å². The Morgan fingerprint density at radius 2 is 2.06 bits per heavy atom. The third-order valence-corrected chi connectivity index (χ3v) is 2.80. The quantitative estimate of drug-likeness (QED) is 0.720. The Balaban J connectivity index is 2.55. The predicted octanol–water partition coefficient (Wildman–Crippen LogP) is 0.309. The van der Waals surface area contributed by atoms with Gasteiger partial charge in [-0.15, -0.1) is 0 Å². The number of carbonyl (C=O) groups excluding carboxylic acids is 1. The summed E-state index contributed by atoms with van der Waals surface area (Å²) >= 11 is 0. The number of hydrogen-bond donors (Lipinski definition) is 3. The number of aryl methyl sites for hydroxylation is 2. The van der Waals surface area contributed by atoms with Gasteiger partial charge >= 0.3 is 12.0 Å². The zero-order chi connectivity index (χ0) is 13.9. The summed E-state index contributed by atoms with van der Waals surface area (Å²) in [5.41, 5.74) is 2.76. The SMILES string of the molecule is Cc1nn(C)c(C)c1CNC(=O)NC(C)C(=O)O. The third kappa shape index (κ3) is 3.22. The van der Waals surface area contributed by atoms with Gasteiger partial charge in [-0.3, -0.25) is 9.48 Å². The van der Waals surface area contributed by atoms with E-state index in [0.29, 0.717) is 6.54 Å². The number of carboxylic acid groups (broad SMARTS) is 1. The Hall–Kier alpha value is -2.05. The molecule has 0 bridgehead atoms. The zero-order valence-electron chi connectivity index (χ0n) is 10.9. The Morgan fingerprint density at radius 3 is 2.50 bits per heavy atom. The van der Waals surface area contributed by atoms with Crippen LogP contribution in [0.15, 0.2) is 0 Å².